The van der Waals surface area contributed by atoms with Crippen LogP contribution in [0.1, 0.15) is 51.0 Å². The Balaban J connectivity index is 1.40. The number of nitrogens with one attached hydrogen (secondary N) is 1. The Morgan fingerprint density at radius 3 is 2.71 bits per heavy atom. The summed E-state index contributed by atoms with van der Waals surface area (Å²) in [6.45, 7) is 5.11. The van der Waals surface area contributed by atoms with E-state index in [1.807, 2.05) is 11.8 Å². The average molecular weight is 347 g/mol. The van der Waals surface area contributed by atoms with E-state index in [0.29, 0.717) is 11.3 Å². The zero-order valence-corrected chi connectivity index (χ0v) is 15.6. The van der Waals surface area contributed by atoms with Crippen LogP contribution in [0.15, 0.2) is 30.3 Å². The van der Waals surface area contributed by atoms with Crippen LogP contribution in [-0.2, 0) is 11.3 Å². The van der Waals surface area contributed by atoms with Crippen molar-refractivity contribution in [3.05, 3.63) is 35.9 Å². The Kier molecular flexibility index (Phi) is 6.61. The molecule has 1 aliphatic heterocycles. The largest absolute Gasteiger partial charge is 0.351 e. The first kappa shape index (κ1) is 17.8. The van der Waals surface area contributed by atoms with Crippen LogP contribution in [0.4, 0.5) is 0 Å². The van der Waals surface area contributed by atoms with Gasteiger partial charge < -0.3 is 5.32 Å². The first-order chi connectivity index (χ1) is 11.7. The maximum Gasteiger partial charge on any atom is 0.233 e. The lowest BCUT2D eigenvalue weighted by Crippen LogP contribution is -2.41. The third-order valence-corrected chi connectivity index (χ3v) is 6.66. The summed E-state index contributed by atoms with van der Waals surface area (Å²) in [4.78, 5) is 14.9. The fourth-order valence-corrected chi connectivity index (χ4v) is 5.18. The highest BCUT2D eigenvalue weighted by molar-refractivity contribution is 8.01. The molecule has 1 N–H and O–H groups in total. The van der Waals surface area contributed by atoms with Crippen LogP contribution in [-0.4, -0.2) is 40.4 Å². The van der Waals surface area contributed by atoms with E-state index in [4.69, 9.17) is 0 Å². The number of hydrogen-bond acceptors (Lipinski definition) is 3. The summed E-state index contributed by atoms with van der Waals surface area (Å²) in [5.41, 5.74) is 1.35. The van der Waals surface area contributed by atoms with Crippen molar-refractivity contribution in [2.75, 3.05) is 13.1 Å². The molecule has 0 aromatic heterocycles. The molecule has 2 fully saturated rings. The van der Waals surface area contributed by atoms with E-state index in [1.54, 1.807) is 0 Å². The van der Waals surface area contributed by atoms with E-state index < -0.39 is 0 Å². The monoisotopic (exact) mass is 346 g/mol. The van der Waals surface area contributed by atoms with Gasteiger partial charge in [0.05, 0.1) is 5.25 Å². The molecule has 3 rings (SSSR count). The molecule has 24 heavy (non-hydrogen) atoms. The van der Waals surface area contributed by atoms with Gasteiger partial charge in [0, 0.05) is 30.9 Å². The molecular weight excluding hydrogens is 316 g/mol. The highest BCUT2D eigenvalue weighted by Gasteiger charge is 2.27. The molecule has 1 heterocycles. The second kappa shape index (κ2) is 8.91. The van der Waals surface area contributed by atoms with Crippen molar-refractivity contribution >= 4 is 17.7 Å². The van der Waals surface area contributed by atoms with Crippen molar-refractivity contribution in [1.82, 2.24) is 10.2 Å². The minimum atomic E-state index is 0.0799. The summed E-state index contributed by atoms with van der Waals surface area (Å²) in [5.74, 6) is 0.233. The topological polar surface area (TPSA) is 32.3 Å². The molecular formula is C20H30N2OS. The van der Waals surface area contributed by atoms with Gasteiger partial charge in [-0.05, 0) is 31.7 Å². The number of carbonyl (C=O) groups excluding carboxylic acids is 1. The number of hydrogen-bond donors (Lipinski definition) is 1. The van der Waals surface area contributed by atoms with Gasteiger partial charge in [-0.1, -0.05) is 49.6 Å². The molecule has 1 saturated heterocycles. The molecule has 132 valence electrons. The fourth-order valence-electron chi connectivity index (χ4n) is 3.81. The standard InChI is InChI=1S/C20H30N2OS/c1-16(24-19-10-6-3-7-11-19)20(23)21-18-12-13-22(15-18)14-17-8-4-2-5-9-17/h2,4-5,8-9,16,18-19H,3,6-7,10-15H2,1H3,(H,21,23). The maximum atomic E-state index is 12.5. The van der Waals surface area contributed by atoms with Crippen molar-refractivity contribution in [2.24, 2.45) is 0 Å². The van der Waals surface area contributed by atoms with Crippen molar-refractivity contribution in [1.29, 1.82) is 0 Å². The number of carbonyl (C=O) groups is 1. The van der Waals surface area contributed by atoms with E-state index in [0.717, 1.165) is 26.1 Å². The van der Waals surface area contributed by atoms with Crippen molar-refractivity contribution in [2.45, 2.75) is 68.5 Å². The smallest absolute Gasteiger partial charge is 0.233 e. The van der Waals surface area contributed by atoms with Crippen LogP contribution in [0.25, 0.3) is 0 Å². The molecule has 4 heteroatoms. The molecule has 2 atom stereocenters. The SMILES string of the molecule is CC(SC1CCCCC1)C(=O)NC1CCN(Cc2ccccc2)C1. The zero-order chi connectivity index (χ0) is 16.8. The summed E-state index contributed by atoms with van der Waals surface area (Å²) >= 11 is 1.89. The molecule has 1 aromatic rings. The Hall–Kier alpha value is -1.00. The minimum absolute atomic E-state index is 0.0799. The van der Waals surface area contributed by atoms with Gasteiger partial charge in [0.15, 0.2) is 0 Å². The maximum absolute atomic E-state index is 12.5. The van der Waals surface area contributed by atoms with Gasteiger partial charge in [0.2, 0.25) is 5.91 Å². The first-order valence-electron chi connectivity index (χ1n) is 9.43. The Morgan fingerprint density at radius 1 is 1.21 bits per heavy atom. The molecule has 2 aliphatic rings. The second-order valence-electron chi connectivity index (χ2n) is 7.25. The number of amides is 1. The van der Waals surface area contributed by atoms with Crippen LogP contribution >= 0.6 is 11.8 Å². The average Bonchev–Trinajstić information content (AvgIpc) is 3.03. The lowest BCUT2D eigenvalue weighted by molar-refractivity contribution is -0.120. The molecule has 0 spiro atoms. The lowest BCUT2D eigenvalue weighted by Gasteiger charge is -2.25. The molecule has 0 bridgehead atoms. The van der Waals surface area contributed by atoms with E-state index in [2.05, 4.69) is 47.5 Å². The minimum Gasteiger partial charge on any atom is -0.351 e. The molecule has 1 amide bonds. The predicted octanol–water partition coefficient (Wildman–Crippen LogP) is 3.83. The van der Waals surface area contributed by atoms with Crippen molar-refractivity contribution in [3.8, 4) is 0 Å². The van der Waals surface area contributed by atoms with Gasteiger partial charge in [0.25, 0.3) is 0 Å². The second-order valence-corrected chi connectivity index (χ2v) is 8.90. The van der Waals surface area contributed by atoms with Crippen molar-refractivity contribution in [3.63, 3.8) is 0 Å². The Morgan fingerprint density at radius 2 is 1.96 bits per heavy atom. The Bertz CT molecular complexity index is 516. The zero-order valence-electron chi connectivity index (χ0n) is 14.7. The molecule has 1 aromatic carbocycles. The quantitative estimate of drug-likeness (QED) is 0.849. The summed E-state index contributed by atoms with van der Waals surface area (Å²) in [5, 5.41) is 4.05. The van der Waals surface area contributed by atoms with Crippen LogP contribution in [0, 0.1) is 0 Å². The van der Waals surface area contributed by atoms with Crippen LogP contribution in [0.5, 0.6) is 0 Å². The van der Waals surface area contributed by atoms with E-state index in [9.17, 15) is 4.79 Å². The summed E-state index contributed by atoms with van der Waals surface area (Å²) in [6.07, 6.45) is 7.69. The van der Waals surface area contributed by atoms with Crippen LogP contribution in [0.2, 0.25) is 0 Å². The summed E-state index contributed by atoms with van der Waals surface area (Å²) in [7, 11) is 0. The number of nitrogens with zero attached hydrogens (tertiary/aromatic N) is 1. The fraction of sp³-hybridized carbons (Fsp3) is 0.650. The van der Waals surface area contributed by atoms with Gasteiger partial charge >= 0.3 is 0 Å². The summed E-state index contributed by atoms with van der Waals surface area (Å²) < 4.78 is 0. The predicted molar refractivity (Wildman–Crippen MR) is 102 cm³/mol. The number of benzene rings is 1. The number of likely N-dealkylation sites (tertiary alicyclic amines) is 1. The molecule has 1 aliphatic carbocycles. The first-order valence-corrected chi connectivity index (χ1v) is 10.4. The highest BCUT2D eigenvalue weighted by atomic mass is 32.2. The molecule has 3 nitrogen and oxygen atoms in total. The van der Waals surface area contributed by atoms with Crippen LogP contribution < -0.4 is 5.32 Å². The van der Waals surface area contributed by atoms with E-state index in [-0.39, 0.29) is 11.2 Å². The Labute approximate surface area is 150 Å². The van der Waals surface area contributed by atoms with Gasteiger partial charge in [-0.2, -0.15) is 0 Å². The van der Waals surface area contributed by atoms with Gasteiger partial charge in [0.1, 0.15) is 0 Å². The van der Waals surface area contributed by atoms with Gasteiger partial charge in [-0.25, -0.2) is 0 Å². The molecule has 1 saturated carbocycles. The normalized spacial score (nSPS) is 24.0. The van der Waals surface area contributed by atoms with Gasteiger partial charge in [-0.15, -0.1) is 11.8 Å². The third kappa shape index (κ3) is 5.25. The summed E-state index contributed by atoms with van der Waals surface area (Å²) in [6, 6.07) is 10.9. The van der Waals surface area contributed by atoms with Gasteiger partial charge in [-0.3, -0.25) is 9.69 Å². The highest BCUT2D eigenvalue weighted by Crippen LogP contribution is 2.31. The molecule has 0 radical (unpaired) electrons. The lowest BCUT2D eigenvalue weighted by atomic mass is 10.0. The van der Waals surface area contributed by atoms with Crippen molar-refractivity contribution < 1.29 is 4.79 Å². The van der Waals surface area contributed by atoms with E-state index in [1.165, 1.54) is 37.7 Å². The van der Waals surface area contributed by atoms with Crippen LogP contribution in [0.3, 0.4) is 0 Å². The number of rotatable bonds is 6. The molecule has 2 unspecified atom stereocenters. The number of thioether (sulfide) groups is 1. The third-order valence-electron chi connectivity index (χ3n) is 5.19. The van der Waals surface area contributed by atoms with E-state index >= 15 is 0 Å².